The number of nitrogens with zero attached hydrogens (tertiary/aromatic N) is 1. The first-order valence-corrected chi connectivity index (χ1v) is 6.84. The summed E-state index contributed by atoms with van der Waals surface area (Å²) in [6.45, 7) is 2.90. The molecule has 1 aliphatic heterocycles. The lowest BCUT2D eigenvalue weighted by atomic mass is 9.95. The summed E-state index contributed by atoms with van der Waals surface area (Å²) in [5.74, 6) is -0.314. The Kier molecular flexibility index (Phi) is 3.22. The van der Waals surface area contributed by atoms with Crippen LogP contribution in [0.5, 0.6) is 0 Å². The summed E-state index contributed by atoms with van der Waals surface area (Å²) in [5.41, 5.74) is 4.83. The van der Waals surface area contributed by atoms with Crippen LogP contribution in [0.3, 0.4) is 0 Å². The maximum absolute atomic E-state index is 13.4. The number of anilines is 1. The van der Waals surface area contributed by atoms with Crippen LogP contribution >= 0.6 is 0 Å². The van der Waals surface area contributed by atoms with Crippen molar-refractivity contribution in [2.24, 2.45) is 0 Å². The number of aliphatic hydroxyl groups excluding tert-OH is 1. The molecule has 0 aromatic heterocycles. The Morgan fingerprint density at radius 3 is 2.80 bits per heavy atom. The van der Waals surface area contributed by atoms with Gasteiger partial charge >= 0.3 is 0 Å². The molecular formula is C17H18FNO. The van der Waals surface area contributed by atoms with Gasteiger partial charge in [0, 0.05) is 19.3 Å². The molecule has 2 aromatic rings. The van der Waals surface area contributed by atoms with E-state index in [2.05, 4.69) is 11.9 Å². The molecule has 2 nitrogen and oxygen atoms in total. The van der Waals surface area contributed by atoms with E-state index in [1.807, 2.05) is 25.1 Å². The monoisotopic (exact) mass is 271 g/mol. The van der Waals surface area contributed by atoms with E-state index in [0.717, 1.165) is 24.1 Å². The highest BCUT2D eigenvalue weighted by atomic mass is 19.1. The van der Waals surface area contributed by atoms with Gasteiger partial charge in [-0.05, 0) is 53.8 Å². The molecule has 3 heteroatoms. The fourth-order valence-corrected chi connectivity index (χ4v) is 2.84. The van der Waals surface area contributed by atoms with Crippen LogP contribution in [0, 0.1) is 12.7 Å². The average molecular weight is 271 g/mol. The summed E-state index contributed by atoms with van der Waals surface area (Å²) in [4.78, 5) is 2.21. The van der Waals surface area contributed by atoms with Gasteiger partial charge in [-0.3, -0.25) is 0 Å². The molecule has 1 aliphatic rings. The van der Waals surface area contributed by atoms with Crippen LogP contribution in [0.1, 0.15) is 28.4 Å². The predicted molar refractivity (Wildman–Crippen MR) is 78.6 cm³/mol. The van der Waals surface area contributed by atoms with E-state index in [9.17, 15) is 9.50 Å². The molecule has 0 aliphatic carbocycles. The van der Waals surface area contributed by atoms with E-state index in [1.54, 1.807) is 6.07 Å². The highest BCUT2D eigenvalue weighted by molar-refractivity contribution is 5.59. The van der Waals surface area contributed by atoms with Crippen molar-refractivity contribution in [1.29, 1.82) is 0 Å². The van der Waals surface area contributed by atoms with E-state index in [4.69, 9.17) is 0 Å². The number of benzene rings is 2. The molecule has 1 unspecified atom stereocenters. The molecule has 0 radical (unpaired) electrons. The summed E-state index contributed by atoms with van der Waals surface area (Å²) in [5, 5.41) is 10.5. The van der Waals surface area contributed by atoms with Crippen LogP contribution < -0.4 is 4.90 Å². The van der Waals surface area contributed by atoms with E-state index < -0.39 is 6.10 Å². The van der Waals surface area contributed by atoms with Crippen LogP contribution in [0.4, 0.5) is 10.1 Å². The second-order valence-corrected chi connectivity index (χ2v) is 5.46. The molecule has 0 amide bonds. The van der Waals surface area contributed by atoms with Gasteiger partial charge in [0.2, 0.25) is 0 Å². The number of aryl methyl sites for hydroxylation is 1. The maximum Gasteiger partial charge on any atom is 0.123 e. The van der Waals surface area contributed by atoms with E-state index >= 15 is 0 Å². The fraction of sp³-hybridized carbons (Fsp3) is 0.294. The highest BCUT2D eigenvalue weighted by Crippen LogP contribution is 2.32. The zero-order valence-electron chi connectivity index (χ0n) is 11.7. The average Bonchev–Trinajstić information content (AvgIpc) is 2.82. The second-order valence-electron chi connectivity index (χ2n) is 5.46. The Balaban J connectivity index is 1.99. The van der Waals surface area contributed by atoms with Crippen molar-refractivity contribution in [2.45, 2.75) is 19.4 Å². The van der Waals surface area contributed by atoms with E-state index in [0.29, 0.717) is 5.56 Å². The Bertz CT molecular complexity index is 653. The second kappa shape index (κ2) is 4.91. The molecule has 20 heavy (non-hydrogen) atoms. The molecule has 3 rings (SSSR count). The fourth-order valence-electron chi connectivity index (χ4n) is 2.84. The van der Waals surface area contributed by atoms with Crippen LogP contribution in [-0.4, -0.2) is 18.7 Å². The van der Waals surface area contributed by atoms with Gasteiger partial charge in [0.25, 0.3) is 0 Å². The third-order valence-electron chi connectivity index (χ3n) is 4.08. The number of hydrogen-bond donors (Lipinski definition) is 1. The third-order valence-corrected chi connectivity index (χ3v) is 4.08. The van der Waals surface area contributed by atoms with Gasteiger partial charge in [0.15, 0.2) is 0 Å². The van der Waals surface area contributed by atoms with Crippen molar-refractivity contribution < 1.29 is 9.50 Å². The van der Waals surface area contributed by atoms with Gasteiger partial charge in [-0.1, -0.05) is 18.2 Å². The largest absolute Gasteiger partial charge is 0.384 e. The Morgan fingerprint density at radius 1 is 1.20 bits per heavy atom. The first-order valence-electron chi connectivity index (χ1n) is 6.84. The Hall–Kier alpha value is -1.87. The number of hydrogen-bond acceptors (Lipinski definition) is 2. The normalized spacial score (nSPS) is 15.3. The number of halogens is 1. The van der Waals surface area contributed by atoms with Gasteiger partial charge in [-0.2, -0.15) is 0 Å². The summed E-state index contributed by atoms with van der Waals surface area (Å²) >= 11 is 0. The van der Waals surface area contributed by atoms with Crippen LogP contribution in [0.15, 0.2) is 36.4 Å². The smallest absolute Gasteiger partial charge is 0.123 e. The van der Waals surface area contributed by atoms with Crippen LogP contribution in [-0.2, 0) is 6.42 Å². The van der Waals surface area contributed by atoms with Crippen molar-refractivity contribution in [2.75, 3.05) is 18.5 Å². The molecule has 2 aromatic carbocycles. The molecule has 1 N–H and O–H groups in total. The minimum Gasteiger partial charge on any atom is -0.384 e. The summed E-state index contributed by atoms with van der Waals surface area (Å²) in [6, 6.07) is 10.5. The van der Waals surface area contributed by atoms with E-state index in [1.165, 1.54) is 23.4 Å². The topological polar surface area (TPSA) is 23.5 Å². The van der Waals surface area contributed by atoms with Gasteiger partial charge in [0.05, 0.1) is 0 Å². The first kappa shape index (κ1) is 13.1. The lowest BCUT2D eigenvalue weighted by Crippen LogP contribution is -2.12. The summed E-state index contributed by atoms with van der Waals surface area (Å²) in [7, 11) is 2.07. The van der Waals surface area contributed by atoms with Gasteiger partial charge in [0.1, 0.15) is 11.9 Å². The minimum atomic E-state index is -0.776. The quantitative estimate of drug-likeness (QED) is 0.906. The zero-order chi connectivity index (χ0) is 14.3. The maximum atomic E-state index is 13.4. The molecular weight excluding hydrogens is 253 g/mol. The SMILES string of the molecule is Cc1ccc(F)cc1C(O)c1ccc2c(c1)CCN2C. The van der Waals surface area contributed by atoms with Gasteiger partial charge < -0.3 is 10.0 Å². The molecule has 0 saturated carbocycles. The molecule has 0 fully saturated rings. The van der Waals surface area contributed by atoms with Crippen molar-refractivity contribution in [3.8, 4) is 0 Å². The summed E-state index contributed by atoms with van der Waals surface area (Å²) in [6.07, 6.45) is 0.219. The highest BCUT2D eigenvalue weighted by Gasteiger charge is 2.19. The molecule has 104 valence electrons. The molecule has 1 heterocycles. The number of likely N-dealkylation sites (N-methyl/N-ethyl adjacent to an activating group) is 1. The van der Waals surface area contributed by atoms with E-state index in [-0.39, 0.29) is 5.82 Å². The van der Waals surface area contributed by atoms with Crippen molar-refractivity contribution >= 4 is 5.69 Å². The van der Waals surface area contributed by atoms with Crippen molar-refractivity contribution in [1.82, 2.24) is 0 Å². The molecule has 0 spiro atoms. The summed E-state index contributed by atoms with van der Waals surface area (Å²) < 4.78 is 13.4. The van der Waals surface area contributed by atoms with Gasteiger partial charge in [-0.15, -0.1) is 0 Å². The van der Waals surface area contributed by atoms with Crippen molar-refractivity contribution in [3.05, 3.63) is 64.5 Å². The zero-order valence-corrected chi connectivity index (χ0v) is 11.7. The number of rotatable bonds is 2. The lowest BCUT2D eigenvalue weighted by Gasteiger charge is -2.17. The Morgan fingerprint density at radius 2 is 2.00 bits per heavy atom. The molecule has 0 saturated heterocycles. The number of fused-ring (bicyclic) bond motifs is 1. The first-order chi connectivity index (χ1) is 9.56. The van der Waals surface area contributed by atoms with Crippen LogP contribution in [0.2, 0.25) is 0 Å². The van der Waals surface area contributed by atoms with Gasteiger partial charge in [-0.25, -0.2) is 4.39 Å². The lowest BCUT2D eigenvalue weighted by molar-refractivity contribution is 0.219. The predicted octanol–water partition coefficient (Wildman–Crippen LogP) is 3.21. The van der Waals surface area contributed by atoms with Crippen molar-refractivity contribution in [3.63, 3.8) is 0 Å². The number of aliphatic hydroxyl groups is 1. The third kappa shape index (κ3) is 2.18. The minimum absolute atomic E-state index is 0.314. The molecule has 1 atom stereocenters. The van der Waals surface area contributed by atoms with Crippen LogP contribution in [0.25, 0.3) is 0 Å². The standard InChI is InChI=1S/C17H18FNO/c1-11-3-5-14(18)10-15(11)17(20)13-4-6-16-12(9-13)7-8-19(16)2/h3-6,9-10,17,20H,7-8H2,1-2H3. The molecule has 0 bridgehead atoms. The Labute approximate surface area is 118 Å².